The monoisotopic (exact) mass is 298 g/mol. The topological polar surface area (TPSA) is 17.1 Å². The Morgan fingerprint density at radius 1 is 0.476 bits per heavy atom. The molecule has 0 aromatic carbocycles. The number of hydrogen-bond acceptors (Lipinski definition) is 1. The van der Waals surface area contributed by atoms with E-state index >= 15 is 0 Å². The first-order valence-corrected chi connectivity index (χ1v) is 9.77. The Morgan fingerprint density at radius 2 is 0.762 bits per heavy atom. The molecule has 1 heteroatoms. The molecule has 0 aliphatic carbocycles. The largest absolute Gasteiger partial charge is 0.303 e. The molecule has 0 bridgehead atoms. The van der Waals surface area contributed by atoms with E-state index in [-0.39, 0.29) is 0 Å². The van der Waals surface area contributed by atoms with Crippen molar-refractivity contribution in [1.29, 1.82) is 0 Å². The van der Waals surface area contributed by atoms with Gasteiger partial charge in [-0.1, -0.05) is 111 Å². The minimum absolute atomic E-state index is 0.758. The summed E-state index contributed by atoms with van der Waals surface area (Å²) in [6.45, 7) is 6.77. The number of unbranched alkanes of at least 4 members (excludes halogenated alkanes) is 14. The fourth-order valence-electron chi connectivity index (χ4n) is 2.39. The number of hydrogen-bond donors (Lipinski definition) is 0. The second kappa shape index (κ2) is 24.7. The van der Waals surface area contributed by atoms with Gasteiger partial charge in [0.15, 0.2) is 0 Å². The normalized spacial score (nSPS) is 10.0. The second-order valence-corrected chi connectivity index (χ2v) is 6.20. The van der Waals surface area contributed by atoms with Gasteiger partial charge < -0.3 is 4.79 Å². The van der Waals surface area contributed by atoms with Crippen LogP contribution in [0, 0.1) is 0 Å². The smallest absolute Gasteiger partial charge is 0.119 e. The van der Waals surface area contributed by atoms with Gasteiger partial charge in [-0.15, -0.1) is 0 Å². The molecule has 0 aromatic heterocycles. The Hall–Kier alpha value is -0.330. The summed E-state index contributed by atoms with van der Waals surface area (Å²) in [5, 5.41) is 0. The molecule has 0 unspecified atom stereocenters. The zero-order chi connectivity index (χ0) is 16.0. The Balaban J connectivity index is 0. The number of rotatable bonds is 15. The summed E-state index contributed by atoms with van der Waals surface area (Å²) in [6, 6.07) is 0. The highest BCUT2D eigenvalue weighted by Crippen LogP contribution is 2.08. The molecule has 0 atom stereocenters. The second-order valence-electron chi connectivity index (χ2n) is 6.20. The molecule has 0 aliphatic rings. The van der Waals surface area contributed by atoms with Gasteiger partial charge in [-0.05, 0) is 6.42 Å². The van der Waals surface area contributed by atoms with Gasteiger partial charge >= 0.3 is 0 Å². The maximum atomic E-state index is 9.94. The third-order valence-corrected chi connectivity index (χ3v) is 3.88. The van der Waals surface area contributed by atoms with Crippen molar-refractivity contribution in [2.24, 2.45) is 0 Å². The lowest BCUT2D eigenvalue weighted by atomic mass is 10.1. The van der Waals surface area contributed by atoms with Crippen LogP contribution in [-0.2, 0) is 4.79 Å². The molecular formula is C20H42O. The van der Waals surface area contributed by atoms with Crippen LogP contribution in [-0.4, -0.2) is 6.29 Å². The molecule has 0 saturated carbocycles. The minimum Gasteiger partial charge on any atom is -0.303 e. The van der Waals surface area contributed by atoms with Gasteiger partial charge in [-0.2, -0.15) is 0 Å². The average molecular weight is 299 g/mol. The average Bonchev–Trinajstić information content (AvgIpc) is 2.51. The molecule has 0 radical (unpaired) electrons. The van der Waals surface area contributed by atoms with E-state index in [2.05, 4.69) is 20.8 Å². The molecule has 0 aromatic rings. The number of carbonyl (C=O) groups is 1. The van der Waals surface area contributed by atoms with Crippen LogP contribution in [0.25, 0.3) is 0 Å². The van der Waals surface area contributed by atoms with Crippen molar-refractivity contribution in [2.75, 3.05) is 0 Å². The van der Waals surface area contributed by atoms with E-state index in [4.69, 9.17) is 0 Å². The summed E-state index contributed by atoms with van der Waals surface area (Å²) >= 11 is 0. The molecule has 0 N–H and O–H groups in total. The molecule has 128 valence electrons. The predicted octanol–water partition coefficient (Wildman–Crippen LogP) is 7.47. The molecule has 0 heterocycles. The number of carbonyl (C=O) groups excluding carboxylic acids is 1. The fraction of sp³-hybridized carbons (Fsp3) is 0.950. The molecule has 0 saturated heterocycles. The summed E-state index contributed by atoms with van der Waals surface area (Å²) in [5.41, 5.74) is 0. The van der Waals surface area contributed by atoms with Crippen molar-refractivity contribution in [3.63, 3.8) is 0 Å². The van der Waals surface area contributed by atoms with E-state index in [0.29, 0.717) is 0 Å². The summed E-state index contributed by atoms with van der Waals surface area (Å²) in [7, 11) is 0. The first-order chi connectivity index (χ1) is 10.3. The van der Waals surface area contributed by atoms with E-state index in [9.17, 15) is 4.79 Å². The van der Waals surface area contributed by atoms with Crippen molar-refractivity contribution >= 4 is 6.29 Å². The summed E-state index contributed by atoms with van der Waals surface area (Å²) in [5.74, 6) is 0. The SMILES string of the molecule is CCCCCCCCCC.CCCCCCCCCC=O. The molecule has 0 spiro atoms. The highest BCUT2D eigenvalue weighted by atomic mass is 16.1. The zero-order valence-electron chi connectivity index (χ0n) is 15.3. The maximum absolute atomic E-state index is 9.94. The van der Waals surface area contributed by atoms with Crippen molar-refractivity contribution < 1.29 is 4.79 Å². The lowest BCUT2D eigenvalue weighted by molar-refractivity contribution is -0.107. The molecule has 0 rings (SSSR count). The Kier molecular flexibility index (Phi) is 27.0. The maximum Gasteiger partial charge on any atom is 0.119 e. The highest BCUT2D eigenvalue weighted by Gasteiger charge is 1.89. The van der Waals surface area contributed by atoms with Crippen LogP contribution in [0.15, 0.2) is 0 Å². The molecular weight excluding hydrogens is 256 g/mol. The van der Waals surface area contributed by atoms with Crippen LogP contribution in [0.3, 0.4) is 0 Å². The van der Waals surface area contributed by atoms with Gasteiger partial charge in [0, 0.05) is 6.42 Å². The van der Waals surface area contributed by atoms with E-state index in [1.54, 1.807) is 0 Å². The molecule has 0 aliphatic heterocycles. The van der Waals surface area contributed by atoms with Crippen LogP contribution in [0.2, 0.25) is 0 Å². The van der Waals surface area contributed by atoms with Gasteiger partial charge in [0.1, 0.15) is 6.29 Å². The Morgan fingerprint density at radius 3 is 1.05 bits per heavy atom. The van der Waals surface area contributed by atoms with Gasteiger partial charge in [0.05, 0.1) is 0 Å². The van der Waals surface area contributed by atoms with E-state index in [0.717, 1.165) is 19.1 Å². The standard InChI is InChI=1S/C10H20O.C10H22/c1-2-3-4-5-6-7-8-9-10-11;1-3-5-7-9-10-8-6-4-2/h10H,2-9H2,1H3;3-10H2,1-2H3. The van der Waals surface area contributed by atoms with Gasteiger partial charge in [-0.25, -0.2) is 0 Å². The first kappa shape index (κ1) is 22.9. The van der Waals surface area contributed by atoms with Crippen LogP contribution in [0.1, 0.15) is 124 Å². The van der Waals surface area contributed by atoms with Crippen LogP contribution in [0.4, 0.5) is 0 Å². The third-order valence-electron chi connectivity index (χ3n) is 3.88. The Bertz CT molecular complexity index is 157. The van der Waals surface area contributed by atoms with Crippen molar-refractivity contribution in [3.8, 4) is 0 Å². The molecule has 0 amide bonds. The lowest BCUT2D eigenvalue weighted by Gasteiger charge is -1.97. The van der Waals surface area contributed by atoms with Gasteiger partial charge in [0.25, 0.3) is 0 Å². The van der Waals surface area contributed by atoms with Crippen LogP contribution < -0.4 is 0 Å². The molecule has 1 nitrogen and oxygen atoms in total. The first-order valence-electron chi connectivity index (χ1n) is 9.77. The van der Waals surface area contributed by atoms with Gasteiger partial charge in [0.2, 0.25) is 0 Å². The fourth-order valence-corrected chi connectivity index (χ4v) is 2.39. The van der Waals surface area contributed by atoms with Crippen molar-refractivity contribution in [1.82, 2.24) is 0 Å². The number of aldehydes is 1. The predicted molar refractivity (Wildman–Crippen MR) is 97.0 cm³/mol. The minimum atomic E-state index is 0.758. The van der Waals surface area contributed by atoms with Crippen molar-refractivity contribution in [2.45, 2.75) is 124 Å². The van der Waals surface area contributed by atoms with E-state index in [1.807, 2.05) is 0 Å². The quantitative estimate of drug-likeness (QED) is 0.226. The van der Waals surface area contributed by atoms with E-state index < -0.39 is 0 Å². The summed E-state index contributed by atoms with van der Waals surface area (Å²) in [6.07, 6.45) is 22.3. The Labute approximate surface area is 135 Å². The zero-order valence-corrected chi connectivity index (χ0v) is 15.3. The van der Waals surface area contributed by atoms with Crippen molar-refractivity contribution in [3.05, 3.63) is 0 Å². The molecule has 0 fully saturated rings. The molecule has 21 heavy (non-hydrogen) atoms. The van der Waals surface area contributed by atoms with E-state index in [1.165, 1.54) is 89.9 Å². The van der Waals surface area contributed by atoms with Gasteiger partial charge in [-0.3, -0.25) is 0 Å². The third kappa shape index (κ3) is 28.5. The highest BCUT2D eigenvalue weighted by molar-refractivity contribution is 5.48. The summed E-state index contributed by atoms with van der Waals surface area (Å²) in [4.78, 5) is 9.94. The lowest BCUT2D eigenvalue weighted by Crippen LogP contribution is -1.80. The summed E-state index contributed by atoms with van der Waals surface area (Å²) < 4.78 is 0. The van der Waals surface area contributed by atoms with Crippen LogP contribution in [0.5, 0.6) is 0 Å². The van der Waals surface area contributed by atoms with Crippen LogP contribution >= 0.6 is 0 Å².